The highest BCUT2D eigenvalue weighted by Crippen LogP contribution is 2.59. The number of aromatic nitrogens is 3. The maximum atomic E-state index is 9.30. The van der Waals surface area contributed by atoms with Crippen molar-refractivity contribution >= 4 is 0 Å². The van der Waals surface area contributed by atoms with E-state index in [-0.39, 0.29) is 5.54 Å². The van der Waals surface area contributed by atoms with E-state index < -0.39 is 0 Å². The first-order valence-electron chi connectivity index (χ1n) is 7.97. The summed E-state index contributed by atoms with van der Waals surface area (Å²) in [4.78, 5) is 0. The first kappa shape index (κ1) is 12.4. The average Bonchev–Trinajstić information content (AvgIpc) is 2.81. The minimum Gasteiger partial charge on any atom is -0.242 e. The number of hydrogen-bond donors (Lipinski definition) is 0. The molecular formula is C16H22N4. The SMILES string of the molecule is CC(C)c1c(C#N)nnn1C12CC3CC(CC(C3)C1)C2. The van der Waals surface area contributed by atoms with Gasteiger partial charge in [0.1, 0.15) is 6.07 Å². The van der Waals surface area contributed by atoms with E-state index in [1.54, 1.807) is 0 Å². The lowest BCUT2D eigenvalue weighted by Crippen LogP contribution is -2.52. The van der Waals surface area contributed by atoms with Gasteiger partial charge in [-0.25, -0.2) is 4.68 Å². The Morgan fingerprint density at radius 3 is 2.15 bits per heavy atom. The van der Waals surface area contributed by atoms with Crippen LogP contribution in [0.5, 0.6) is 0 Å². The quantitative estimate of drug-likeness (QED) is 0.829. The molecule has 1 aromatic rings. The van der Waals surface area contributed by atoms with Gasteiger partial charge in [0.2, 0.25) is 0 Å². The fourth-order valence-corrected chi connectivity index (χ4v) is 5.56. The van der Waals surface area contributed by atoms with Crippen LogP contribution in [-0.2, 0) is 5.54 Å². The maximum absolute atomic E-state index is 9.30. The van der Waals surface area contributed by atoms with E-state index in [0.717, 1.165) is 23.4 Å². The van der Waals surface area contributed by atoms with Crippen LogP contribution in [-0.4, -0.2) is 15.0 Å². The van der Waals surface area contributed by atoms with Gasteiger partial charge in [-0.1, -0.05) is 19.1 Å². The Kier molecular flexibility index (Phi) is 2.52. The van der Waals surface area contributed by atoms with Crippen molar-refractivity contribution in [1.82, 2.24) is 15.0 Å². The third-order valence-electron chi connectivity index (χ3n) is 5.81. The molecule has 0 radical (unpaired) electrons. The lowest BCUT2D eigenvalue weighted by Gasteiger charge is -2.56. The van der Waals surface area contributed by atoms with E-state index >= 15 is 0 Å². The average molecular weight is 270 g/mol. The van der Waals surface area contributed by atoms with Crippen LogP contribution in [0.1, 0.15) is 69.7 Å². The van der Waals surface area contributed by atoms with E-state index in [4.69, 9.17) is 0 Å². The lowest BCUT2D eigenvalue weighted by atomic mass is 9.53. The van der Waals surface area contributed by atoms with Crippen LogP contribution in [0.3, 0.4) is 0 Å². The van der Waals surface area contributed by atoms with Crippen molar-refractivity contribution < 1.29 is 0 Å². The highest BCUT2D eigenvalue weighted by Gasteiger charge is 2.53. The number of nitrogens with zero attached hydrogens (tertiary/aromatic N) is 4. The molecule has 4 bridgehead atoms. The summed E-state index contributed by atoms with van der Waals surface area (Å²) in [6, 6.07) is 2.23. The number of hydrogen-bond acceptors (Lipinski definition) is 3. The van der Waals surface area contributed by atoms with E-state index in [1.807, 2.05) is 0 Å². The van der Waals surface area contributed by atoms with Gasteiger partial charge in [-0.3, -0.25) is 0 Å². The molecule has 4 aliphatic rings. The van der Waals surface area contributed by atoms with Crippen LogP contribution < -0.4 is 0 Å². The Morgan fingerprint density at radius 2 is 1.70 bits per heavy atom. The summed E-state index contributed by atoms with van der Waals surface area (Å²) in [7, 11) is 0. The largest absolute Gasteiger partial charge is 0.242 e. The van der Waals surface area contributed by atoms with Gasteiger partial charge in [0, 0.05) is 0 Å². The zero-order chi connectivity index (χ0) is 13.9. The van der Waals surface area contributed by atoms with Gasteiger partial charge in [0.25, 0.3) is 0 Å². The van der Waals surface area contributed by atoms with Crippen LogP contribution in [0.2, 0.25) is 0 Å². The molecule has 0 aliphatic heterocycles. The van der Waals surface area contributed by atoms with E-state index in [0.29, 0.717) is 11.6 Å². The van der Waals surface area contributed by atoms with Crippen molar-refractivity contribution in [2.24, 2.45) is 17.8 Å². The first-order chi connectivity index (χ1) is 9.61. The Bertz CT molecular complexity index is 543. The zero-order valence-electron chi connectivity index (χ0n) is 12.3. The second-order valence-corrected chi connectivity index (χ2v) is 7.64. The Labute approximate surface area is 120 Å². The molecule has 0 amide bonds. The maximum Gasteiger partial charge on any atom is 0.186 e. The second-order valence-electron chi connectivity index (χ2n) is 7.64. The van der Waals surface area contributed by atoms with Crippen LogP contribution in [0.25, 0.3) is 0 Å². The van der Waals surface area contributed by atoms with Crippen molar-refractivity contribution in [3.63, 3.8) is 0 Å². The molecule has 106 valence electrons. The molecule has 4 saturated carbocycles. The minimum absolute atomic E-state index is 0.177. The highest BCUT2D eigenvalue weighted by atomic mass is 15.5. The molecule has 0 saturated heterocycles. The van der Waals surface area contributed by atoms with Gasteiger partial charge in [-0.05, 0) is 62.2 Å². The molecule has 1 aromatic heterocycles. The summed E-state index contributed by atoms with van der Waals surface area (Å²) < 4.78 is 2.18. The van der Waals surface area contributed by atoms with Gasteiger partial charge < -0.3 is 0 Å². The molecule has 0 spiro atoms. The van der Waals surface area contributed by atoms with Crippen LogP contribution >= 0.6 is 0 Å². The minimum atomic E-state index is 0.177. The molecule has 5 rings (SSSR count). The topological polar surface area (TPSA) is 54.5 Å². The zero-order valence-corrected chi connectivity index (χ0v) is 12.3. The summed E-state index contributed by atoms with van der Waals surface area (Å²) in [6.45, 7) is 4.30. The van der Waals surface area contributed by atoms with Gasteiger partial charge in [0.05, 0.1) is 11.2 Å². The van der Waals surface area contributed by atoms with Gasteiger partial charge in [-0.15, -0.1) is 5.10 Å². The molecule has 4 aliphatic carbocycles. The number of rotatable bonds is 2. The normalized spacial score (nSPS) is 38.4. The predicted octanol–water partition coefficient (Wildman–Crippen LogP) is 3.20. The van der Waals surface area contributed by atoms with Crippen LogP contribution in [0, 0.1) is 29.1 Å². The van der Waals surface area contributed by atoms with Crippen molar-refractivity contribution in [2.75, 3.05) is 0 Å². The summed E-state index contributed by atoms with van der Waals surface area (Å²) in [6.07, 6.45) is 8.05. The van der Waals surface area contributed by atoms with Gasteiger partial charge in [0.15, 0.2) is 5.69 Å². The summed E-state index contributed by atoms with van der Waals surface area (Å²) in [5, 5.41) is 17.9. The molecule has 0 unspecified atom stereocenters. The molecule has 0 aromatic carbocycles. The summed E-state index contributed by atoms with van der Waals surface area (Å²) >= 11 is 0. The van der Waals surface area contributed by atoms with E-state index in [9.17, 15) is 5.26 Å². The fourth-order valence-electron chi connectivity index (χ4n) is 5.56. The second kappa shape index (κ2) is 4.07. The fraction of sp³-hybridized carbons (Fsp3) is 0.812. The standard InChI is InChI=1S/C16H22N4/c1-10(2)15-14(9-17)18-19-20(15)16-6-11-3-12(7-16)5-13(4-11)8-16/h10-13H,3-8H2,1-2H3. The Hall–Kier alpha value is -1.37. The van der Waals surface area contributed by atoms with Crippen molar-refractivity contribution in [3.05, 3.63) is 11.4 Å². The van der Waals surface area contributed by atoms with Crippen molar-refractivity contribution in [2.45, 2.75) is 63.8 Å². The van der Waals surface area contributed by atoms with Crippen LogP contribution in [0.15, 0.2) is 0 Å². The molecule has 0 atom stereocenters. The molecular weight excluding hydrogens is 248 g/mol. The Morgan fingerprint density at radius 1 is 1.15 bits per heavy atom. The molecule has 20 heavy (non-hydrogen) atoms. The summed E-state index contributed by atoms with van der Waals surface area (Å²) in [5.41, 5.74) is 1.78. The van der Waals surface area contributed by atoms with E-state index in [1.165, 1.54) is 38.5 Å². The van der Waals surface area contributed by atoms with Crippen LogP contribution in [0.4, 0.5) is 0 Å². The highest BCUT2D eigenvalue weighted by molar-refractivity contribution is 5.28. The van der Waals surface area contributed by atoms with Crippen molar-refractivity contribution in [1.29, 1.82) is 5.26 Å². The monoisotopic (exact) mass is 270 g/mol. The lowest BCUT2D eigenvalue weighted by molar-refractivity contribution is -0.0518. The molecule has 4 heteroatoms. The summed E-state index contributed by atoms with van der Waals surface area (Å²) in [5.74, 6) is 2.97. The first-order valence-corrected chi connectivity index (χ1v) is 7.97. The van der Waals surface area contributed by atoms with Gasteiger partial charge in [-0.2, -0.15) is 5.26 Å². The molecule has 4 nitrogen and oxygen atoms in total. The smallest absolute Gasteiger partial charge is 0.186 e. The number of nitriles is 1. The van der Waals surface area contributed by atoms with Crippen molar-refractivity contribution in [3.8, 4) is 6.07 Å². The molecule has 4 fully saturated rings. The van der Waals surface area contributed by atoms with E-state index in [2.05, 4.69) is 34.9 Å². The molecule has 0 N–H and O–H groups in total. The third kappa shape index (κ3) is 1.58. The Balaban J connectivity index is 1.81. The third-order valence-corrected chi connectivity index (χ3v) is 5.81. The molecule has 1 heterocycles. The van der Waals surface area contributed by atoms with Gasteiger partial charge >= 0.3 is 0 Å². The predicted molar refractivity (Wildman–Crippen MR) is 75.0 cm³/mol.